The van der Waals surface area contributed by atoms with Gasteiger partial charge in [-0.05, 0) is 36.1 Å². The van der Waals surface area contributed by atoms with Gasteiger partial charge in [0.1, 0.15) is 0 Å². The number of aryl methyl sites for hydroxylation is 1. The van der Waals surface area contributed by atoms with Crippen molar-refractivity contribution in [3.8, 4) is 0 Å². The van der Waals surface area contributed by atoms with Gasteiger partial charge in [-0.25, -0.2) is 0 Å². The number of nitrogens with one attached hydrogen (secondary N) is 1. The van der Waals surface area contributed by atoms with Crippen molar-refractivity contribution in [2.24, 2.45) is 0 Å². The third-order valence-electron chi connectivity index (χ3n) is 3.83. The van der Waals surface area contributed by atoms with Crippen LogP contribution >= 0.6 is 0 Å². The molecule has 3 heteroatoms. The summed E-state index contributed by atoms with van der Waals surface area (Å²) in [6.07, 6.45) is 1.89. The van der Waals surface area contributed by atoms with Crippen molar-refractivity contribution in [3.63, 3.8) is 0 Å². The van der Waals surface area contributed by atoms with Crippen LogP contribution in [0, 0.1) is 0 Å². The molecule has 0 amide bonds. The lowest BCUT2D eigenvalue weighted by atomic mass is 9.81. The molecule has 0 bridgehead atoms. The van der Waals surface area contributed by atoms with Crippen molar-refractivity contribution >= 4 is 0 Å². The number of aromatic nitrogens is 2. The Bertz CT molecular complexity index is 578. The molecule has 1 aromatic carbocycles. The quantitative estimate of drug-likeness (QED) is 0.903. The van der Waals surface area contributed by atoms with Gasteiger partial charge in [0.05, 0.1) is 11.7 Å². The topological polar surface area (TPSA) is 29.9 Å². The molecule has 2 aromatic rings. The van der Waals surface area contributed by atoms with Crippen LogP contribution in [0.5, 0.6) is 0 Å². The maximum absolute atomic E-state index is 4.43. The first-order valence-electron chi connectivity index (χ1n) is 7.83. The molecule has 0 spiro atoms. The number of hydrogen-bond donors (Lipinski definition) is 1. The van der Waals surface area contributed by atoms with Crippen LogP contribution in [0.1, 0.15) is 57.5 Å². The molecule has 1 atom stereocenters. The molecular weight excluding hydrogens is 258 g/mol. The average Bonchev–Trinajstić information content (AvgIpc) is 2.92. The SMILES string of the molecule is CCNC(c1ccccc1C(C)(C)C)c1ccnn1CC. The zero-order valence-electron chi connectivity index (χ0n) is 13.9. The van der Waals surface area contributed by atoms with Crippen molar-refractivity contribution in [1.29, 1.82) is 0 Å². The largest absolute Gasteiger partial charge is 0.305 e. The van der Waals surface area contributed by atoms with Gasteiger partial charge in [0.2, 0.25) is 0 Å². The van der Waals surface area contributed by atoms with E-state index < -0.39 is 0 Å². The van der Waals surface area contributed by atoms with Gasteiger partial charge in [0.15, 0.2) is 0 Å². The zero-order valence-corrected chi connectivity index (χ0v) is 13.9. The third-order valence-corrected chi connectivity index (χ3v) is 3.83. The lowest BCUT2D eigenvalue weighted by Crippen LogP contribution is -2.28. The van der Waals surface area contributed by atoms with Crippen molar-refractivity contribution in [1.82, 2.24) is 15.1 Å². The number of benzene rings is 1. The fourth-order valence-electron chi connectivity index (χ4n) is 2.86. The normalized spacial score (nSPS) is 13.4. The van der Waals surface area contributed by atoms with E-state index in [2.05, 4.69) is 80.0 Å². The monoisotopic (exact) mass is 285 g/mol. The molecule has 0 saturated heterocycles. The predicted octanol–water partition coefficient (Wildman–Crippen LogP) is 3.90. The van der Waals surface area contributed by atoms with Gasteiger partial charge in [-0.15, -0.1) is 0 Å². The highest BCUT2D eigenvalue weighted by molar-refractivity contribution is 5.39. The van der Waals surface area contributed by atoms with Gasteiger partial charge >= 0.3 is 0 Å². The molecule has 0 radical (unpaired) electrons. The second-order valence-electron chi connectivity index (χ2n) is 6.40. The van der Waals surface area contributed by atoms with E-state index in [9.17, 15) is 0 Å². The fourth-order valence-corrected chi connectivity index (χ4v) is 2.86. The zero-order chi connectivity index (χ0) is 15.5. The summed E-state index contributed by atoms with van der Waals surface area (Å²) in [4.78, 5) is 0. The Labute approximate surface area is 128 Å². The van der Waals surface area contributed by atoms with Crippen molar-refractivity contribution < 1.29 is 0 Å². The Kier molecular flexibility index (Phi) is 4.84. The highest BCUT2D eigenvalue weighted by atomic mass is 15.3. The first-order valence-corrected chi connectivity index (χ1v) is 7.83. The highest BCUT2D eigenvalue weighted by Crippen LogP contribution is 2.32. The minimum Gasteiger partial charge on any atom is -0.305 e. The van der Waals surface area contributed by atoms with Crippen LogP contribution in [0.2, 0.25) is 0 Å². The molecule has 1 unspecified atom stereocenters. The van der Waals surface area contributed by atoms with Crippen LogP contribution in [0.3, 0.4) is 0 Å². The minimum absolute atomic E-state index is 0.126. The summed E-state index contributed by atoms with van der Waals surface area (Å²) >= 11 is 0. The molecule has 2 rings (SSSR count). The van der Waals surface area contributed by atoms with Crippen molar-refractivity contribution in [2.75, 3.05) is 6.54 Å². The summed E-state index contributed by atoms with van der Waals surface area (Å²) in [6.45, 7) is 12.9. The van der Waals surface area contributed by atoms with Gasteiger partial charge in [-0.1, -0.05) is 52.0 Å². The lowest BCUT2D eigenvalue weighted by molar-refractivity contribution is 0.521. The Hall–Kier alpha value is -1.61. The molecule has 0 aliphatic rings. The summed E-state index contributed by atoms with van der Waals surface area (Å²) < 4.78 is 2.08. The molecule has 0 aliphatic heterocycles. The van der Waals surface area contributed by atoms with Crippen LogP contribution in [-0.2, 0) is 12.0 Å². The van der Waals surface area contributed by atoms with Crippen LogP contribution < -0.4 is 5.32 Å². The Morgan fingerprint density at radius 2 is 1.86 bits per heavy atom. The van der Waals surface area contributed by atoms with E-state index in [0.717, 1.165) is 13.1 Å². The van der Waals surface area contributed by atoms with E-state index in [1.54, 1.807) is 0 Å². The minimum atomic E-state index is 0.126. The van der Waals surface area contributed by atoms with E-state index in [1.165, 1.54) is 16.8 Å². The van der Waals surface area contributed by atoms with E-state index in [1.807, 2.05) is 6.20 Å². The van der Waals surface area contributed by atoms with Crippen LogP contribution in [0.4, 0.5) is 0 Å². The standard InChI is InChI=1S/C18H27N3/c1-6-19-17(16-12-13-20-21(16)7-2)14-10-8-9-11-15(14)18(3,4)5/h8-13,17,19H,6-7H2,1-5H3. The van der Waals surface area contributed by atoms with Gasteiger partial charge < -0.3 is 5.32 Å². The Balaban J connectivity index is 2.54. The molecular formula is C18H27N3. The van der Waals surface area contributed by atoms with Crippen LogP contribution in [-0.4, -0.2) is 16.3 Å². The molecule has 0 fully saturated rings. The van der Waals surface area contributed by atoms with Gasteiger partial charge in [0, 0.05) is 12.7 Å². The molecule has 114 valence electrons. The van der Waals surface area contributed by atoms with Gasteiger partial charge in [-0.2, -0.15) is 5.10 Å². The van der Waals surface area contributed by atoms with Crippen LogP contribution in [0.25, 0.3) is 0 Å². The molecule has 21 heavy (non-hydrogen) atoms. The fraction of sp³-hybridized carbons (Fsp3) is 0.500. The lowest BCUT2D eigenvalue weighted by Gasteiger charge is -2.28. The maximum Gasteiger partial charge on any atom is 0.0751 e. The van der Waals surface area contributed by atoms with E-state index in [0.29, 0.717) is 0 Å². The van der Waals surface area contributed by atoms with Gasteiger partial charge in [-0.3, -0.25) is 4.68 Å². The summed E-state index contributed by atoms with van der Waals surface area (Å²) in [5.74, 6) is 0. The first-order chi connectivity index (χ1) is 9.99. The maximum atomic E-state index is 4.43. The average molecular weight is 285 g/mol. The Morgan fingerprint density at radius 3 is 2.48 bits per heavy atom. The summed E-state index contributed by atoms with van der Waals surface area (Å²) in [6, 6.07) is 11.0. The van der Waals surface area contributed by atoms with Crippen molar-refractivity contribution in [3.05, 3.63) is 53.3 Å². The molecule has 3 nitrogen and oxygen atoms in total. The smallest absolute Gasteiger partial charge is 0.0751 e. The summed E-state index contributed by atoms with van der Waals surface area (Å²) in [7, 11) is 0. The summed E-state index contributed by atoms with van der Waals surface area (Å²) in [5, 5.41) is 8.06. The Morgan fingerprint density at radius 1 is 1.14 bits per heavy atom. The molecule has 1 N–H and O–H groups in total. The number of rotatable bonds is 5. The second-order valence-corrected chi connectivity index (χ2v) is 6.40. The molecule has 0 aliphatic carbocycles. The van der Waals surface area contributed by atoms with E-state index in [-0.39, 0.29) is 11.5 Å². The molecule has 0 saturated carbocycles. The van der Waals surface area contributed by atoms with E-state index in [4.69, 9.17) is 0 Å². The van der Waals surface area contributed by atoms with E-state index >= 15 is 0 Å². The number of nitrogens with zero attached hydrogens (tertiary/aromatic N) is 2. The number of hydrogen-bond acceptors (Lipinski definition) is 2. The van der Waals surface area contributed by atoms with Gasteiger partial charge in [0.25, 0.3) is 0 Å². The first kappa shape index (κ1) is 15.8. The van der Waals surface area contributed by atoms with Crippen molar-refractivity contribution in [2.45, 2.75) is 52.6 Å². The highest BCUT2D eigenvalue weighted by Gasteiger charge is 2.24. The summed E-state index contributed by atoms with van der Waals surface area (Å²) in [5.41, 5.74) is 4.10. The van der Waals surface area contributed by atoms with Crippen LogP contribution in [0.15, 0.2) is 36.5 Å². The molecule has 1 heterocycles. The molecule has 1 aromatic heterocycles. The third kappa shape index (κ3) is 3.35. The second kappa shape index (κ2) is 6.44. The predicted molar refractivity (Wildman–Crippen MR) is 88.6 cm³/mol.